The summed E-state index contributed by atoms with van der Waals surface area (Å²) in [5.41, 5.74) is 10.8. The molecule has 0 spiro atoms. The number of unbranched alkanes of at least 4 members (excludes halogenated alkanes) is 1. The summed E-state index contributed by atoms with van der Waals surface area (Å²) in [6, 6.07) is 5.83. The number of benzene rings is 1. The van der Waals surface area contributed by atoms with Gasteiger partial charge in [-0.1, -0.05) is 0 Å². The van der Waals surface area contributed by atoms with Crippen LogP contribution in [0.15, 0.2) is 42.1 Å². The Balaban J connectivity index is 2.65. The van der Waals surface area contributed by atoms with Gasteiger partial charge >= 0.3 is 6.03 Å². The van der Waals surface area contributed by atoms with Crippen molar-refractivity contribution >= 4 is 17.6 Å². The highest BCUT2D eigenvalue weighted by molar-refractivity contribution is 5.88. The van der Waals surface area contributed by atoms with E-state index in [1.165, 1.54) is 7.11 Å². The van der Waals surface area contributed by atoms with Crippen LogP contribution >= 0.6 is 0 Å². The molecule has 0 saturated heterocycles. The molecule has 0 radical (unpaired) electrons. The van der Waals surface area contributed by atoms with Crippen LogP contribution in [0.25, 0.3) is 5.70 Å². The fourth-order valence-electron chi connectivity index (χ4n) is 2.05. The third-order valence-electron chi connectivity index (χ3n) is 3.47. The lowest BCUT2D eigenvalue weighted by Gasteiger charge is -2.04. The number of carbonyl (C=O) groups excluding carboxylic acids is 2. The molecule has 6 N–H and O–H groups in total. The van der Waals surface area contributed by atoms with Gasteiger partial charge in [0.05, 0.1) is 12.0 Å². The topological polar surface area (TPSA) is 163 Å². The van der Waals surface area contributed by atoms with E-state index in [9.17, 15) is 19.7 Å². The lowest BCUT2D eigenvalue weighted by molar-refractivity contribution is -0.418. The molecule has 146 valence electrons. The van der Waals surface area contributed by atoms with Crippen molar-refractivity contribution in [3.63, 3.8) is 0 Å². The van der Waals surface area contributed by atoms with Gasteiger partial charge in [-0.05, 0) is 37.1 Å². The van der Waals surface area contributed by atoms with Gasteiger partial charge in [0.15, 0.2) is 0 Å². The van der Waals surface area contributed by atoms with Crippen LogP contribution in [-0.4, -0.2) is 37.1 Å². The molecule has 0 bridgehead atoms. The number of nitrogens with two attached hydrogens (primary N) is 2. The first-order valence-corrected chi connectivity index (χ1v) is 8.13. The van der Waals surface area contributed by atoms with Gasteiger partial charge in [-0.3, -0.25) is 14.9 Å². The van der Waals surface area contributed by atoms with Gasteiger partial charge < -0.3 is 26.8 Å². The molecule has 3 amide bonds. The quantitative estimate of drug-likeness (QED) is 0.154. The molecule has 1 aromatic carbocycles. The number of hydrogen-bond acceptors (Lipinski definition) is 6. The maximum Gasteiger partial charge on any atom is 0.312 e. The van der Waals surface area contributed by atoms with Gasteiger partial charge in [-0.15, -0.1) is 0 Å². The molecule has 10 heteroatoms. The van der Waals surface area contributed by atoms with Gasteiger partial charge in [-0.25, -0.2) is 4.79 Å². The molecule has 0 aliphatic carbocycles. The predicted molar refractivity (Wildman–Crippen MR) is 100 cm³/mol. The molecule has 0 aliphatic rings. The Morgan fingerprint density at radius 1 is 1.11 bits per heavy atom. The highest BCUT2D eigenvalue weighted by atomic mass is 16.6. The maximum absolute atomic E-state index is 11.8. The first-order chi connectivity index (χ1) is 12.8. The SMILES string of the molecule is COc1ccc(/C(N)=C(/C=C/C(=O)NCCCCNC(N)=O)[N+](=O)[O-])cc1. The largest absolute Gasteiger partial charge is 0.497 e. The molecule has 0 fully saturated rings. The summed E-state index contributed by atoms with van der Waals surface area (Å²) >= 11 is 0. The third kappa shape index (κ3) is 7.90. The standard InChI is InChI=1S/C17H23N5O5/c1-27-13-6-4-12(5-7-13)16(18)14(22(25)26)8-9-15(23)20-10-2-3-11-21-17(19)24/h4-9H,2-3,10-11,18H2,1H3,(H,20,23)(H3,19,21,24)/b9-8+,16-14+. The van der Waals surface area contributed by atoms with Crippen LogP contribution < -0.4 is 26.8 Å². The minimum atomic E-state index is -0.654. The van der Waals surface area contributed by atoms with Gasteiger partial charge in [-0.2, -0.15) is 0 Å². The lowest BCUT2D eigenvalue weighted by atomic mass is 10.1. The fourth-order valence-corrected chi connectivity index (χ4v) is 2.05. The summed E-state index contributed by atoms with van der Waals surface area (Å²) in [6.07, 6.45) is 3.36. The number of primary amides is 1. The molecule has 1 aromatic rings. The van der Waals surface area contributed by atoms with Gasteiger partial charge in [0, 0.05) is 30.8 Å². The van der Waals surface area contributed by atoms with Crippen LogP contribution in [0.1, 0.15) is 18.4 Å². The number of ether oxygens (including phenoxy) is 1. The molecule has 0 saturated carbocycles. The molecule has 10 nitrogen and oxygen atoms in total. The number of allylic oxidation sites excluding steroid dienone is 1. The molecule has 0 aliphatic heterocycles. The van der Waals surface area contributed by atoms with Crippen molar-refractivity contribution in [1.29, 1.82) is 0 Å². The van der Waals surface area contributed by atoms with Crippen molar-refractivity contribution in [3.8, 4) is 5.75 Å². The normalized spacial score (nSPS) is 11.6. The summed E-state index contributed by atoms with van der Waals surface area (Å²) in [7, 11) is 1.51. The van der Waals surface area contributed by atoms with Crippen LogP contribution in [0, 0.1) is 10.1 Å². The third-order valence-corrected chi connectivity index (χ3v) is 3.47. The minimum absolute atomic E-state index is 0.0655. The summed E-state index contributed by atoms with van der Waals surface area (Å²) in [5.74, 6) is 0.106. The zero-order valence-electron chi connectivity index (χ0n) is 14.9. The second-order valence-electron chi connectivity index (χ2n) is 5.41. The highest BCUT2D eigenvalue weighted by Gasteiger charge is 2.15. The number of carbonyl (C=O) groups is 2. The first-order valence-electron chi connectivity index (χ1n) is 8.13. The van der Waals surface area contributed by atoms with Gasteiger partial charge in [0.25, 0.3) is 5.70 Å². The van der Waals surface area contributed by atoms with E-state index in [0.29, 0.717) is 37.2 Å². The van der Waals surface area contributed by atoms with Crippen molar-refractivity contribution in [2.24, 2.45) is 11.5 Å². The predicted octanol–water partition coefficient (Wildman–Crippen LogP) is 0.720. The van der Waals surface area contributed by atoms with E-state index >= 15 is 0 Å². The van der Waals surface area contributed by atoms with E-state index in [0.717, 1.165) is 12.2 Å². The summed E-state index contributed by atoms with van der Waals surface area (Å²) in [4.78, 5) is 32.9. The van der Waals surface area contributed by atoms with E-state index in [1.54, 1.807) is 24.3 Å². The lowest BCUT2D eigenvalue weighted by Crippen LogP contribution is -2.30. The van der Waals surface area contributed by atoms with Crippen LogP contribution in [0.5, 0.6) is 5.75 Å². The molecule has 1 rings (SSSR count). The summed E-state index contributed by atoms with van der Waals surface area (Å²) in [5, 5.41) is 16.3. The number of nitro groups is 1. The van der Waals surface area contributed by atoms with Crippen molar-refractivity contribution in [2.45, 2.75) is 12.8 Å². The molecule has 27 heavy (non-hydrogen) atoms. The Labute approximate surface area is 156 Å². The van der Waals surface area contributed by atoms with Crippen LogP contribution in [-0.2, 0) is 4.79 Å². The average Bonchev–Trinajstić information content (AvgIpc) is 2.64. The Hall–Kier alpha value is -3.56. The van der Waals surface area contributed by atoms with Crippen molar-refractivity contribution < 1.29 is 19.2 Å². The van der Waals surface area contributed by atoms with Crippen molar-refractivity contribution in [3.05, 3.63) is 57.8 Å². The zero-order chi connectivity index (χ0) is 20.2. The molecule has 0 heterocycles. The Bertz CT molecular complexity index is 728. The summed E-state index contributed by atoms with van der Waals surface area (Å²) < 4.78 is 5.03. The van der Waals surface area contributed by atoms with Crippen LogP contribution in [0.3, 0.4) is 0 Å². The summed E-state index contributed by atoms with van der Waals surface area (Å²) in [6.45, 7) is 0.767. The molecular formula is C17H23N5O5. The Kier molecular flexibility index (Phi) is 8.86. The minimum Gasteiger partial charge on any atom is -0.497 e. The smallest absolute Gasteiger partial charge is 0.312 e. The Morgan fingerprint density at radius 3 is 2.22 bits per heavy atom. The van der Waals surface area contributed by atoms with E-state index in [1.807, 2.05) is 0 Å². The number of nitrogens with zero attached hydrogens (tertiary/aromatic N) is 1. The van der Waals surface area contributed by atoms with Crippen LogP contribution in [0.4, 0.5) is 4.79 Å². The van der Waals surface area contributed by atoms with Gasteiger partial charge in [0.1, 0.15) is 11.4 Å². The molecular weight excluding hydrogens is 354 g/mol. The number of rotatable bonds is 10. The second kappa shape index (κ2) is 11.1. The maximum atomic E-state index is 11.8. The number of hydrogen-bond donors (Lipinski definition) is 4. The second-order valence-corrected chi connectivity index (χ2v) is 5.41. The highest BCUT2D eigenvalue weighted by Crippen LogP contribution is 2.18. The van der Waals surface area contributed by atoms with E-state index < -0.39 is 16.9 Å². The van der Waals surface area contributed by atoms with Crippen molar-refractivity contribution in [1.82, 2.24) is 10.6 Å². The number of urea groups is 1. The number of amides is 3. The first kappa shape index (κ1) is 21.5. The molecule has 0 aromatic heterocycles. The molecule has 0 atom stereocenters. The van der Waals surface area contributed by atoms with E-state index in [4.69, 9.17) is 16.2 Å². The average molecular weight is 377 g/mol. The van der Waals surface area contributed by atoms with Crippen LogP contribution in [0.2, 0.25) is 0 Å². The van der Waals surface area contributed by atoms with E-state index in [2.05, 4.69) is 10.6 Å². The van der Waals surface area contributed by atoms with Crippen molar-refractivity contribution in [2.75, 3.05) is 20.2 Å². The molecule has 0 unspecified atom stereocenters. The zero-order valence-corrected chi connectivity index (χ0v) is 14.9. The monoisotopic (exact) mass is 377 g/mol. The van der Waals surface area contributed by atoms with Gasteiger partial charge in [0.2, 0.25) is 5.91 Å². The number of methoxy groups -OCH3 is 1. The fraction of sp³-hybridized carbons (Fsp3) is 0.294. The Morgan fingerprint density at radius 2 is 1.70 bits per heavy atom. The number of nitrogens with one attached hydrogen (secondary N) is 2. The van der Waals surface area contributed by atoms with E-state index in [-0.39, 0.29) is 11.4 Å².